The lowest BCUT2D eigenvalue weighted by Crippen LogP contribution is -2.16. The Morgan fingerprint density at radius 3 is 2.50 bits per heavy atom. The fourth-order valence-electron chi connectivity index (χ4n) is 0.977. The van der Waals surface area contributed by atoms with Gasteiger partial charge in [-0.1, -0.05) is 19.1 Å². The molecule has 14 heavy (non-hydrogen) atoms. The van der Waals surface area contributed by atoms with Crippen LogP contribution in [0.2, 0.25) is 0 Å². The summed E-state index contributed by atoms with van der Waals surface area (Å²) in [5.41, 5.74) is 5.99. The molecule has 76 valence electrons. The number of hydrogen-bond acceptors (Lipinski definition) is 3. The summed E-state index contributed by atoms with van der Waals surface area (Å²) in [7, 11) is 0. The summed E-state index contributed by atoms with van der Waals surface area (Å²) in [6, 6.07) is 7.56. The van der Waals surface area contributed by atoms with Gasteiger partial charge in [0.05, 0.1) is 0 Å². The van der Waals surface area contributed by atoms with Gasteiger partial charge in [-0.25, -0.2) is 4.79 Å². The quantitative estimate of drug-likeness (QED) is 0.743. The monoisotopic (exact) mass is 195 g/mol. The van der Waals surface area contributed by atoms with Gasteiger partial charge in [0.2, 0.25) is 6.79 Å². The SMILES string of the molecule is CCc1ccc(OCOC(N)=O)cc1. The molecule has 1 amide bonds. The van der Waals surface area contributed by atoms with Crippen LogP contribution >= 0.6 is 0 Å². The fraction of sp³-hybridized carbons (Fsp3) is 0.300. The van der Waals surface area contributed by atoms with Crippen LogP contribution in [0.25, 0.3) is 0 Å². The second-order valence-electron chi connectivity index (χ2n) is 2.72. The molecule has 0 saturated carbocycles. The van der Waals surface area contributed by atoms with E-state index in [1.807, 2.05) is 24.3 Å². The van der Waals surface area contributed by atoms with E-state index in [1.165, 1.54) is 5.56 Å². The van der Waals surface area contributed by atoms with E-state index in [9.17, 15) is 4.79 Å². The number of carbonyl (C=O) groups is 1. The van der Waals surface area contributed by atoms with Crippen molar-refractivity contribution in [3.8, 4) is 5.75 Å². The van der Waals surface area contributed by atoms with Crippen molar-refractivity contribution in [1.29, 1.82) is 0 Å². The molecular weight excluding hydrogens is 182 g/mol. The van der Waals surface area contributed by atoms with Crippen molar-refractivity contribution in [1.82, 2.24) is 0 Å². The van der Waals surface area contributed by atoms with E-state index in [4.69, 9.17) is 10.5 Å². The zero-order valence-corrected chi connectivity index (χ0v) is 8.03. The van der Waals surface area contributed by atoms with Crippen molar-refractivity contribution in [2.24, 2.45) is 5.73 Å². The van der Waals surface area contributed by atoms with Crippen LogP contribution < -0.4 is 10.5 Å². The minimum atomic E-state index is -0.838. The molecule has 4 nitrogen and oxygen atoms in total. The first-order valence-electron chi connectivity index (χ1n) is 4.36. The predicted molar refractivity (Wildman–Crippen MR) is 52.0 cm³/mol. The molecule has 0 saturated heterocycles. The van der Waals surface area contributed by atoms with Crippen LogP contribution in [0.1, 0.15) is 12.5 Å². The van der Waals surface area contributed by atoms with Crippen molar-refractivity contribution >= 4 is 6.09 Å². The Kier molecular flexibility index (Phi) is 3.79. The van der Waals surface area contributed by atoms with E-state index in [0.29, 0.717) is 5.75 Å². The molecule has 1 aromatic carbocycles. The molecule has 0 aliphatic rings. The van der Waals surface area contributed by atoms with E-state index in [2.05, 4.69) is 11.7 Å². The summed E-state index contributed by atoms with van der Waals surface area (Å²) in [5, 5.41) is 0. The Hall–Kier alpha value is -1.71. The molecule has 2 N–H and O–H groups in total. The molecule has 0 spiro atoms. The summed E-state index contributed by atoms with van der Waals surface area (Å²) in [6.07, 6.45) is 0.146. The van der Waals surface area contributed by atoms with Gasteiger partial charge in [-0.15, -0.1) is 0 Å². The minimum Gasteiger partial charge on any atom is -0.457 e. The van der Waals surface area contributed by atoms with Crippen LogP contribution in [0.15, 0.2) is 24.3 Å². The van der Waals surface area contributed by atoms with E-state index in [-0.39, 0.29) is 6.79 Å². The van der Waals surface area contributed by atoms with Gasteiger partial charge in [0.15, 0.2) is 0 Å². The average Bonchev–Trinajstić information content (AvgIpc) is 2.18. The molecule has 0 aromatic heterocycles. The third-order valence-corrected chi connectivity index (χ3v) is 1.76. The zero-order valence-electron chi connectivity index (χ0n) is 8.03. The maximum absolute atomic E-state index is 10.2. The Morgan fingerprint density at radius 2 is 2.00 bits per heavy atom. The van der Waals surface area contributed by atoms with Crippen molar-refractivity contribution in [2.75, 3.05) is 6.79 Å². The van der Waals surface area contributed by atoms with Gasteiger partial charge < -0.3 is 15.2 Å². The number of ether oxygens (including phenoxy) is 2. The number of rotatable bonds is 4. The normalized spacial score (nSPS) is 9.50. The van der Waals surface area contributed by atoms with Gasteiger partial charge in [0.1, 0.15) is 5.75 Å². The molecule has 0 heterocycles. The van der Waals surface area contributed by atoms with E-state index < -0.39 is 6.09 Å². The smallest absolute Gasteiger partial charge is 0.407 e. The number of hydrogen-bond donors (Lipinski definition) is 1. The highest BCUT2D eigenvalue weighted by Crippen LogP contribution is 2.12. The highest BCUT2D eigenvalue weighted by Gasteiger charge is 1.95. The number of amides is 1. The number of benzene rings is 1. The van der Waals surface area contributed by atoms with Crippen molar-refractivity contribution < 1.29 is 14.3 Å². The zero-order chi connectivity index (χ0) is 10.4. The lowest BCUT2D eigenvalue weighted by atomic mass is 10.2. The van der Waals surface area contributed by atoms with Crippen molar-refractivity contribution in [3.05, 3.63) is 29.8 Å². The fourth-order valence-corrected chi connectivity index (χ4v) is 0.977. The third-order valence-electron chi connectivity index (χ3n) is 1.76. The Labute approximate surface area is 82.6 Å². The first kappa shape index (κ1) is 10.4. The topological polar surface area (TPSA) is 61.6 Å². The van der Waals surface area contributed by atoms with E-state index in [1.54, 1.807) is 0 Å². The largest absolute Gasteiger partial charge is 0.457 e. The van der Waals surface area contributed by atoms with Gasteiger partial charge in [0.25, 0.3) is 0 Å². The molecule has 0 aliphatic heterocycles. The van der Waals surface area contributed by atoms with Crippen molar-refractivity contribution in [3.63, 3.8) is 0 Å². The summed E-state index contributed by atoms with van der Waals surface area (Å²) in [6.45, 7) is 1.92. The molecular formula is C10H13NO3. The van der Waals surface area contributed by atoms with Gasteiger partial charge >= 0.3 is 6.09 Å². The number of aryl methyl sites for hydroxylation is 1. The Balaban J connectivity index is 2.40. The van der Waals surface area contributed by atoms with Gasteiger partial charge in [-0.05, 0) is 24.1 Å². The highest BCUT2D eigenvalue weighted by molar-refractivity contribution is 5.64. The second kappa shape index (κ2) is 5.11. The molecule has 0 fully saturated rings. The van der Waals surface area contributed by atoms with Crippen LogP contribution in [0.5, 0.6) is 5.75 Å². The lowest BCUT2D eigenvalue weighted by Gasteiger charge is -2.05. The molecule has 4 heteroatoms. The maximum Gasteiger partial charge on any atom is 0.407 e. The Bertz CT molecular complexity index is 295. The number of primary amides is 1. The third kappa shape index (κ3) is 3.35. The standard InChI is InChI=1S/C10H13NO3/c1-2-8-3-5-9(6-4-8)13-7-14-10(11)12/h3-6H,2,7H2,1H3,(H2,11,12). The molecule has 1 rings (SSSR count). The first-order chi connectivity index (χ1) is 6.72. The predicted octanol–water partition coefficient (Wildman–Crippen LogP) is 1.68. The van der Waals surface area contributed by atoms with Gasteiger partial charge in [-0.2, -0.15) is 0 Å². The molecule has 0 atom stereocenters. The second-order valence-corrected chi connectivity index (χ2v) is 2.72. The summed E-state index contributed by atoms with van der Waals surface area (Å²) in [4.78, 5) is 10.2. The first-order valence-corrected chi connectivity index (χ1v) is 4.36. The van der Waals surface area contributed by atoms with E-state index in [0.717, 1.165) is 6.42 Å². The van der Waals surface area contributed by atoms with E-state index >= 15 is 0 Å². The van der Waals surface area contributed by atoms with Gasteiger partial charge in [-0.3, -0.25) is 0 Å². The summed E-state index contributed by atoms with van der Waals surface area (Å²) < 4.78 is 9.51. The van der Waals surface area contributed by atoms with Crippen LogP contribution in [0.3, 0.4) is 0 Å². The number of carbonyl (C=O) groups excluding carboxylic acids is 1. The average molecular weight is 195 g/mol. The van der Waals surface area contributed by atoms with Crippen LogP contribution in [0.4, 0.5) is 4.79 Å². The van der Waals surface area contributed by atoms with Crippen LogP contribution in [-0.4, -0.2) is 12.9 Å². The molecule has 0 bridgehead atoms. The van der Waals surface area contributed by atoms with Crippen LogP contribution in [-0.2, 0) is 11.2 Å². The summed E-state index contributed by atoms with van der Waals surface area (Å²) >= 11 is 0. The molecule has 1 aromatic rings. The number of nitrogens with two attached hydrogens (primary N) is 1. The summed E-state index contributed by atoms with van der Waals surface area (Å²) in [5.74, 6) is 0.656. The van der Waals surface area contributed by atoms with Crippen molar-refractivity contribution in [2.45, 2.75) is 13.3 Å². The lowest BCUT2D eigenvalue weighted by molar-refractivity contribution is 0.0657. The van der Waals surface area contributed by atoms with Gasteiger partial charge in [0, 0.05) is 0 Å². The maximum atomic E-state index is 10.2. The molecule has 0 aliphatic carbocycles. The molecule has 0 unspecified atom stereocenters. The Morgan fingerprint density at radius 1 is 1.36 bits per heavy atom. The van der Waals surface area contributed by atoms with Crippen LogP contribution in [0, 0.1) is 0 Å². The molecule has 0 radical (unpaired) electrons. The highest BCUT2D eigenvalue weighted by atomic mass is 16.7. The minimum absolute atomic E-state index is 0.152.